The van der Waals surface area contributed by atoms with Crippen molar-refractivity contribution in [3.05, 3.63) is 0 Å². The number of nitrogens with zero attached hydrogens (tertiary/aromatic N) is 1. The third kappa shape index (κ3) is 1.89. The SMILES string of the molecule is CCCC[C@H]1[C@@H]([C@@H](C)O)N1C1CC1. The van der Waals surface area contributed by atoms with Crippen molar-refractivity contribution in [1.82, 2.24) is 4.90 Å². The van der Waals surface area contributed by atoms with Gasteiger partial charge in [-0.2, -0.15) is 0 Å². The number of aliphatic hydroxyl groups excluding tert-OH is 1. The van der Waals surface area contributed by atoms with Gasteiger partial charge in [0.25, 0.3) is 0 Å². The maximum atomic E-state index is 9.57. The van der Waals surface area contributed by atoms with Crippen LogP contribution in [0.15, 0.2) is 0 Å². The number of rotatable bonds is 5. The van der Waals surface area contributed by atoms with Crippen molar-refractivity contribution >= 4 is 0 Å². The second-order valence-electron chi connectivity index (χ2n) is 4.62. The number of unbranched alkanes of at least 4 members (excludes halogenated alkanes) is 1. The lowest BCUT2D eigenvalue weighted by atomic mass is 10.1. The van der Waals surface area contributed by atoms with Crippen LogP contribution in [0.4, 0.5) is 0 Å². The van der Waals surface area contributed by atoms with Gasteiger partial charge in [-0.15, -0.1) is 0 Å². The Hall–Kier alpha value is -0.0800. The molecule has 13 heavy (non-hydrogen) atoms. The molecule has 1 unspecified atom stereocenters. The average Bonchev–Trinajstić information content (AvgIpc) is 2.93. The normalized spacial score (nSPS) is 40.4. The summed E-state index contributed by atoms with van der Waals surface area (Å²) < 4.78 is 0. The molecule has 0 aromatic carbocycles. The Kier molecular flexibility index (Phi) is 2.61. The highest BCUT2D eigenvalue weighted by molar-refractivity contribution is 5.10. The first-order valence-corrected chi connectivity index (χ1v) is 5.71. The molecule has 2 nitrogen and oxygen atoms in total. The number of hydrogen-bond acceptors (Lipinski definition) is 2. The molecule has 1 aliphatic heterocycles. The molecule has 0 amide bonds. The summed E-state index contributed by atoms with van der Waals surface area (Å²) in [5.41, 5.74) is 0. The quantitative estimate of drug-likeness (QED) is 0.657. The van der Waals surface area contributed by atoms with Crippen LogP contribution in [0.2, 0.25) is 0 Å². The number of aliphatic hydroxyl groups is 1. The fourth-order valence-electron chi connectivity index (χ4n) is 2.51. The van der Waals surface area contributed by atoms with E-state index in [4.69, 9.17) is 0 Å². The first-order valence-electron chi connectivity index (χ1n) is 5.71. The molecule has 0 aromatic rings. The van der Waals surface area contributed by atoms with Gasteiger partial charge in [0.15, 0.2) is 0 Å². The van der Waals surface area contributed by atoms with E-state index in [1.165, 1.54) is 32.1 Å². The van der Waals surface area contributed by atoms with Crippen molar-refractivity contribution < 1.29 is 5.11 Å². The van der Waals surface area contributed by atoms with Crippen molar-refractivity contribution in [3.8, 4) is 0 Å². The highest BCUT2D eigenvalue weighted by atomic mass is 16.3. The summed E-state index contributed by atoms with van der Waals surface area (Å²) in [4.78, 5) is 2.54. The van der Waals surface area contributed by atoms with E-state index >= 15 is 0 Å². The summed E-state index contributed by atoms with van der Waals surface area (Å²) in [5.74, 6) is 0. The molecule has 0 spiro atoms. The van der Waals surface area contributed by atoms with Gasteiger partial charge in [0.2, 0.25) is 0 Å². The van der Waals surface area contributed by atoms with Crippen LogP contribution < -0.4 is 0 Å². The molecule has 0 radical (unpaired) electrons. The van der Waals surface area contributed by atoms with Crippen LogP contribution in [0.1, 0.15) is 46.0 Å². The van der Waals surface area contributed by atoms with E-state index in [9.17, 15) is 5.11 Å². The molecule has 1 aliphatic carbocycles. The smallest absolute Gasteiger partial charge is 0.0682 e. The van der Waals surface area contributed by atoms with Crippen LogP contribution in [0.5, 0.6) is 0 Å². The molecule has 4 atom stereocenters. The third-order valence-electron chi connectivity index (χ3n) is 3.35. The predicted molar refractivity (Wildman–Crippen MR) is 53.6 cm³/mol. The van der Waals surface area contributed by atoms with Crippen LogP contribution in [-0.2, 0) is 0 Å². The molecule has 1 heterocycles. The Morgan fingerprint density at radius 2 is 2.15 bits per heavy atom. The van der Waals surface area contributed by atoms with Gasteiger partial charge < -0.3 is 5.11 Å². The van der Waals surface area contributed by atoms with Crippen LogP contribution in [-0.4, -0.2) is 34.2 Å². The van der Waals surface area contributed by atoms with Crippen LogP contribution in [0, 0.1) is 0 Å². The average molecular weight is 183 g/mol. The summed E-state index contributed by atoms with van der Waals surface area (Å²) in [6.45, 7) is 4.17. The maximum Gasteiger partial charge on any atom is 0.0682 e. The molecular weight excluding hydrogens is 162 g/mol. The molecule has 2 rings (SSSR count). The van der Waals surface area contributed by atoms with Crippen LogP contribution in [0.25, 0.3) is 0 Å². The van der Waals surface area contributed by atoms with Gasteiger partial charge in [0.1, 0.15) is 0 Å². The van der Waals surface area contributed by atoms with E-state index < -0.39 is 0 Å². The second kappa shape index (κ2) is 3.58. The first kappa shape index (κ1) is 9.47. The summed E-state index contributed by atoms with van der Waals surface area (Å²) >= 11 is 0. The summed E-state index contributed by atoms with van der Waals surface area (Å²) in [6.07, 6.45) is 6.50. The minimum Gasteiger partial charge on any atom is -0.392 e. The summed E-state index contributed by atoms with van der Waals surface area (Å²) in [7, 11) is 0. The molecule has 76 valence electrons. The fourth-order valence-corrected chi connectivity index (χ4v) is 2.51. The molecule has 0 bridgehead atoms. The molecule has 2 fully saturated rings. The van der Waals surface area contributed by atoms with Gasteiger partial charge in [-0.05, 0) is 26.2 Å². The monoisotopic (exact) mass is 183 g/mol. The van der Waals surface area contributed by atoms with Crippen molar-refractivity contribution in [1.29, 1.82) is 0 Å². The maximum absolute atomic E-state index is 9.57. The Balaban J connectivity index is 1.81. The van der Waals surface area contributed by atoms with Crippen molar-refractivity contribution in [3.63, 3.8) is 0 Å². The van der Waals surface area contributed by atoms with Gasteiger partial charge in [-0.1, -0.05) is 19.8 Å². The first-order chi connectivity index (χ1) is 6.25. The van der Waals surface area contributed by atoms with E-state index in [1.807, 2.05) is 6.92 Å². The number of hydrogen-bond donors (Lipinski definition) is 1. The van der Waals surface area contributed by atoms with Gasteiger partial charge in [0.05, 0.1) is 12.1 Å². The van der Waals surface area contributed by atoms with E-state index in [0.717, 1.165) is 6.04 Å². The predicted octanol–water partition coefficient (Wildman–Crippen LogP) is 1.77. The molecule has 2 aliphatic rings. The Morgan fingerprint density at radius 3 is 2.62 bits per heavy atom. The van der Waals surface area contributed by atoms with Gasteiger partial charge in [0, 0.05) is 12.1 Å². The minimum atomic E-state index is -0.123. The van der Waals surface area contributed by atoms with Crippen molar-refractivity contribution in [2.24, 2.45) is 0 Å². The molecule has 1 saturated carbocycles. The second-order valence-corrected chi connectivity index (χ2v) is 4.62. The van der Waals surface area contributed by atoms with E-state index in [1.54, 1.807) is 0 Å². The minimum absolute atomic E-state index is 0.123. The van der Waals surface area contributed by atoms with E-state index in [0.29, 0.717) is 12.1 Å². The molecule has 1 N–H and O–H groups in total. The Morgan fingerprint density at radius 1 is 1.46 bits per heavy atom. The zero-order valence-corrected chi connectivity index (χ0v) is 8.74. The van der Waals surface area contributed by atoms with Gasteiger partial charge >= 0.3 is 0 Å². The molecule has 0 aromatic heterocycles. The summed E-state index contributed by atoms with van der Waals surface area (Å²) in [6, 6.07) is 2.05. The lowest BCUT2D eigenvalue weighted by Gasteiger charge is -2.01. The van der Waals surface area contributed by atoms with E-state index in [-0.39, 0.29) is 6.10 Å². The van der Waals surface area contributed by atoms with Crippen molar-refractivity contribution in [2.45, 2.75) is 70.2 Å². The lowest BCUT2D eigenvalue weighted by Crippen LogP contribution is -2.15. The van der Waals surface area contributed by atoms with Crippen LogP contribution in [0.3, 0.4) is 0 Å². The Bertz CT molecular complexity index is 169. The van der Waals surface area contributed by atoms with E-state index in [2.05, 4.69) is 11.8 Å². The van der Waals surface area contributed by atoms with Gasteiger partial charge in [-0.25, -0.2) is 0 Å². The van der Waals surface area contributed by atoms with Gasteiger partial charge in [-0.3, -0.25) is 4.90 Å². The molecular formula is C11H21NO. The fraction of sp³-hybridized carbons (Fsp3) is 1.00. The molecule has 1 saturated heterocycles. The largest absolute Gasteiger partial charge is 0.392 e. The standard InChI is InChI=1S/C11H21NO/c1-3-4-5-10-11(8(2)13)12(10)9-6-7-9/h8-11,13H,3-7H2,1-2H3/t8-,10+,11-,12?/m1/s1. The third-order valence-corrected chi connectivity index (χ3v) is 3.35. The topological polar surface area (TPSA) is 23.2 Å². The zero-order valence-electron chi connectivity index (χ0n) is 8.74. The zero-order chi connectivity index (χ0) is 9.42. The molecule has 2 heteroatoms. The highest BCUT2D eigenvalue weighted by Crippen LogP contribution is 2.44. The summed E-state index contributed by atoms with van der Waals surface area (Å²) in [5, 5.41) is 9.57. The highest BCUT2D eigenvalue weighted by Gasteiger charge is 2.55. The van der Waals surface area contributed by atoms with Crippen LogP contribution >= 0.6 is 0 Å². The Labute approximate surface area is 80.9 Å². The van der Waals surface area contributed by atoms with Crippen molar-refractivity contribution in [2.75, 3.05) is 0 Å². The lowest BCUT2D eigenvalue weighted by molar-refractivity contribution is 0.173.